The second kappa shape index (κ2) is 5.64. The Morgan fingerprint density at radius 2 is 1.85 bits per heavy atom. The molecule has 0 unspecified atom stereocenters. The van der Waals surface area contributed by atoms with Crippen LogP contribution in [-0.4, -0.2) is 56.8 Å². The molecule has 6 nitrogen and oxygen atoms in total. The second-order valence-electron chi connectivity index (χ2n) is 5.35. The van der Waals surface area contributed by atoms with Crippen molar-refractivity contribution in [2.75, 3.05) is 13.6 Å². The van der Waals surface area contributed by atoms with Gasteiger partial charge in [-0.25, -0.2) is 4.98 Å². The fourth-order valence-corrected chi connectivity index (χ4v) is 2.57. The third-order valence-electron chi connectivity index (χ3n) is 4.12. The molecule has 1 aromatic heterocycles. The zero-order valence-electron chi connectivity index (χ0n) is 12.5. The van der Waals surface area contributed by atoms with Gasteiger partial charge >= 0.3 is 0 Å². The fraction of sp³-hybridized carbons (Fsp3) is 0.643. The summed E-state index contributed by atoms with van der Waals surface area (Å²) in [6.07, 6.45) is 4.51. The number of hydrogen-bond donors (Lipinski definition) is 0. The van der Waals surface area contributed by atoms with E-state index in [9.17, 15) is 9.59 Å². The van der Waals surface area contributed by atoms with E-state index in [-0.39, 0.29) is 23.9 Å². The summed E-state index contributed by atoms with van der Waals surface area (Å²) in [7, 11) is 1.69. The molecule has 2 rings (SSSR count). The summed E-state index contributed by atoms with van der Waals surface area (Å²) in [6.45, 7) is 6.93. The number of aromatic nitrogens is 2. The van der Waals surface area contributed by atoms with Gasteiger partial charge in [0.2, 0.25) is 11.8 Å². The zero-order chi connectivity index (χ0) is 14.9. The highest BCUT2D eigenvalue weighted by molar-refractivity contribution is 5.96. The van der Waals surface area contributed by atoms with E-state index < -0.39 is 0 Å². The molecule has 1 saturated heterocycles. The van der Waals surface area contributed by atoms with E-state index in [4.69, 9.17) is 0 Å². The average molecular weight is 278 g/mol. The van der Waals surface area contributed by atoms with Crippen LogP contribution in [0.25, 0.3) is 0 Å². The maximum Gasteiger partial charge on any atom is 0.245 e. The number of aryl methyl sites for hydroxylation is 2. The number of rotatable bonds is 4. The highest BCUT2D eigenvalue weighted by Gasteiger charge is 2.39. The molecule has 0 aliphatic carbocycles. The lowest BCUT2D eigenvalue weighted by Gasteiger charge is -2.41. The first-order chi connectivity index (χ1) is 9.43. The molecule has 2 amide bonds. The molecule has 0 N–H and O–H groups in total. The monoisotopic (exact) mass is 278 g/mol. The van der Waals surface area contributed by atoms with Crippen molar-refractivity contribution in [2.45, 2.75) is 45.8 Å². The van der Waals surface area contributed by atoms with Gasteiger partial charge in [0.1, 0.15) is 17.9 Å². The third kappa shape index (κ3) is 2.55. The largest absolute Gasteiger partial charge is 0.335 e. The number of likely N-dealkylation sites (N-methyl/N-ethyl adjacent to an activating group) is 1. The van der Waals surface area contributed by atoms with Crippen molar-refractivity contribution >= 4 is 11.8 Å². The van der Waals surface area contributed by atoms with E-state index in [0.717, 1.165) is 18.8 Å². The van der Waals surface area contributed by atoms with E-state index in [0.29, 0.717) is 6.54 Å². The molecular weight excluding hydrogens is 256 g/mol. The number of imidazole rings is 1. The molecule has 0 spiro atoms. The topological polar surface area (TPSA) is 58.4 Å². The molecule has 0 bridgehead atoms. The van der Waals surface area contributed by atoms with E-state index in [1.54, 1.807) is 32.0 Å². The summed E-state index contributed by atoms with van der Waals surface area (Å²) in [5, 5.41) is 0. The van der Waals surface area contributed by atoms with E-state index in [2.05, 4.69) is 9.55 Å². The quantitative estimate of drug-likeness (QED) is 0.813. The number of amides is 2. The Morgan fingerprint density at radius 1 is 1.15 bits per heavy atom. The predicted molar refractivity (Wildman–Crippen MR) is 75.0 cm³/mol. The van der Waals surface area contributed by atoms with Gasteiger partial charge in [0.25, 0.3) is 0 Å². The summed E-state index contributed by atoms with van der Waals surface area (Å²) in [6, 6.07) is -0.735. The van der Waals surface area contributed by atoms with Gasteiger partial charge in [-0.1, -0.05) is 0 Å². The van der Waals surface area contributed by atoms with Crippen LogP contribution in [0.5, 0.6) is 0 Å². The molecule has 1 aliphatic heterocycles. The van der Waals surface area contributed by atoms with Crippen molar-refractivity contribution in [1.82, 2.24) is 19.4 Å². The van der Waals surface area contributed by atoms with Gasteiger partial charge in [0.05, 0.1) is 0 Å². The molecule has 2 heterocycles. The first kappa shape index (κ1) is 14.6. The third-order valence-corrected chi connectivity index (χ3v) is 4.12. The molecule has 6 heteroatoms. The Balaban J connectivity index is 1.96. The minimum Gasteiger partial charge on any atom is -0.335 e. The minimum absolute atomic E-state index is 0.0101. The van der Waals surface area contributed by atoms with Crippen molar-refractivity contribution < 1.29 is 9.59 Å². The normalized spacial score (nSPS) is 23.6. The maximum atomic E-state index is 12.3. The molecule has 1 aliphatic rings. The van der Waals surface area contributed by atoms with Crippen molar-refractivity contribution in [3.8, 4) is 0 Å². The Labute approximate surface area is 119 Å². The Bertz CT molecular complexity index is 511. The van der Waals surface area contributed by atoms with Gasteiger partial charge in [-0.2, -0.15) is 0 Å². The van der Waals surface area contributed by atoms with Crippen molar-refractivity contribution in [3.05, 3.63) is 18.2 Å². The van der Waals surface area contributed by atoms with Crippen LogP contribution >= 0.6 is 0 Å². The highest BCUT2D eigenvalue weighted by atomic mass is 16.2. The van der Waals surface area contributed by atoms with Crippen molar-refractivity contribution in [1.29, 1.82) is 0 Å². The van der Waals surface area contributed by atoms with Crippen LogP contribution in [0.2, 0.25) is 0 Å². The van der Waals surface area contributed by atoms with Crippen molar-refractivity contribution in [2.24, 2.45) is 0 Å². The van der Waals surface area contributed by atoms with Crippen molar-refractivity contribution in [3.63, 3.8) is 0 Å². The Kier molecular flexibility index (Phi) is 4.11. The number of nitrogens with zero attached hydrogens (tertiary/aromatic N) is 4. The molecule has 1 fully saturated rings. The standard InChI is InChI=1S/C14H22N4O2/c1-10-14(20)18(11(2)13(19)16(10)4)8-5-7-17-9-6-15-12(17)3/h6,9-11H,5,7-8H2,1-4H3/t10-,11-/m0/s1. The number of hydrogen-bond acceptors (Lipinski definition) is 3. The SMILES string of the molecule is Cc1nccn1CCCN1C(=O)[C@H](C)N(C)C(=O)[C@@H]1C. The Hall–Kier alpha value is -1.85. The first-order valence-corrected chi connectivity index (χ1v) is 6.98. The number of piperazine rings is 1. The lowest BCUT2D eigenvalue weighted by molar-refractivity contribution is -0.158. The van der Waals surface area contributed by atoms with E-state index in [1.165, 1.54) is 4.90 Å². The molecule has 20 heavy (non-hydrogen) atoms. The molecular formula is C14H22N4O2. The molecule has 0 saturated carbocycles. The first-order valence-electron chi connectivity index (χ1n) is 6.98. The van der Waals surface area contributed by atoms with Crippen LogP contribution in [0.4, 0.5) is 0 Å². The van der Waals surface area contributed by atoms with E-state index >= 15 is 0 Å². The van der Waals surface area contributed by atoms with Gasteiger partial charge < -0.3 is 14.4 Å². The van der Waals surface area contributed by atoms with Gasteiger partial charge in [0.15, 0.2) is 0 Å². The predicted octanol–water partition coefficient (Wildman–Crippen LogP) is 0.659. The molecule has 0 aromatic carbocycles. The van der Waals surface area contributed by atoms with Gasteiger partial charge in [0, 0.05) is 32.5 Å². The molecule has 1 aromatic rings. The summed E-state index contributed by atoms with van der Waals surface area (Å²) in [5.74, 6) is 1.00. The van der Waals surface area contributed by atoms with Gasteiger partial charge in [-0.15, -0.1) is 0 Å². The summed E-state index contributed by atoms with van der Waals surface area (Å²) in [5.41, 5.74) is 0. The number of carbonyl (C=O) groups is 2. The maximum absolute atomic E-state index is 12.3. The van der Waals surface area contributed by atoms with E-state index in [1.807, 2.05) is 13.1 Å². The summed E-state index contributed by atoms with van der Waals surface area (Å²) >= 11 is 0. The van der Waals surface area contributed by atoms with Crippen LogP contribution in [0, 0.1) is 6.92 Å². The summed E-state index contributed by atoms with van der Waals surface area (Å²) in [4.78, 5) is 31.7. The summed E-state index contributed by atoms with van der Waals surface area (Å²) < 4.78 is 2.05. The van der Waals surface area contributed by atoms with Gasteiger partial charge in [-0.05, 0) is 27.2 Å². The fourth-order valence-electron chi connectivity index (χ4n) is 2.57. The van der Waals surface area contributed by atoms with Crippen LogP contribution in [0.1, 0.15) is 26.1 Å². The molecule has 110 valence electrons. The van der Waals surface area contributed by atoms with Crippen LogP contribution in [0.15, 0.2) is 12.4 Å². The molecule has 2 atom stereocenters. The number of carbonyl (C=O) groups excluding carboxylic acids is 2. The molecule has 0 radical (unpaired) electrons. The van der Waals surface area contributed by atoms with Crippen LogP contribution < -0.4 is 0 Å². The lowest BCUT2D eigenvalue weighted by atomic mass is 10.1. The second-order valence-corrected chi connectivity index (χ2v) is 5.35. The minimum atomic E-state index is -0.368. The average Bonchev–Trinajstić information content (AvgIpc) is 2.84. The lowest BCUT2D eigenvalue weighted by Crippen LogP contribution is -2.61. The van der Waals surface area contributed by atoms with Gasteiger partial charge in [-0.3, -0.25) is 9.59 Å². The van der Waals surface area contributed by atoms with Crippen LogP contribution in [0.3, 0.4) is 0 Å². The highest BCUT2D eigenvalue weighted by Crippen LogP contribution is 2.16. The Morgan fingerprint density at radius 3 is 2.45 bits per heavy atom. The smallest absolute Gasteiger partial charge is 0.245 e. The zero-order valence-corrected chi connectivity index (χ0v) is 12.5. The van der Waals surface area contributed by atoms with Crippen LogP contribution in [-0.2, 0) is 16.1 Å².